The zero-order valence-corrected chi connectivity index (χ0v) is 14.5. The van der Waals surface area contributed by atoms with Gasteiger partial charge in [-0.15, -0.1) is 0 Å². The van der Waals surface area contributed by atoms with Crippen molar-refractivity contribution in [3.05, 3.63) is 29.8 Å². The first-order valence-corrected chi connectivity index (χ1v) is 8.02. The lowest BCUT2D eigenvalue weighted by atomic mass is 9.97. The first-order valence-electron chi connectivity index (χ1n) is 8.02. The number of amides is 1. The molecular weight excluding hydrogens is 276 g/mol. The van der Waals surface area contributed by atoms with E-state index in [4.69, 9.17) is 10.5 Å². The first kappa shape index (κ1) is 18.5. The van der Waals surface area contributed by atoms with Crippen molar-refractivity contribution in [3.63, 3.8) is 0 Å². The summed E-state index contributed by atoms with van der Waals surface area (Å²) in [6.07, 6.45) is 1.85. The first-order chi connectivity index (χ1) is 10.4. The lowest BCUT2D eigenvalue weighted by molar-refractivity contribution is -0.132. The summed E-state index contributed by atoms with van der Waals surface area (Å²) in [7, 11) is 3.51. The molecule has 0 fully saturated rings. The fourth-order valence-electron chi connectivity index (χ4n) is 2.54. The fraction of sp³-hybridized carbons (Fsp3) is 0.611. The molecule has 1 aromatic rings. The zero-order valence-electron chi connectivity index (χ0n) is 14.5. The molecule has 0 radical (unpaired) electrons. The Hall–Kier alpha value is -1.55. The number of hydrogen-bond acceptors (Lipinski definition) is 3. The molecule has 0 aromatic heterocycles. The van der Waals surface area contributed by atoms with Gasteiger partial charge in [-0.25, -0.2) is 0 Å². The van der Waals surface area contributed by atoms with Crippen LogP contribution < -0.4 is 10.5 Å². The summed E-state index contributed by atoms with van der Waals surface area (Å²) in [5, 5.41) is 0. The van der Waals surface area contributed by atoms with Gasteiger partial charge in [0.15, 0.2) is 0 Å². The topological polar surface area (TPSA) is 55.6 Å². The Balaban J connectivity index is 2.52. The Morgan fingerprint density at radius 1 is 1.27 bits per heavy atom. The summed E-state index contributed by atoms with van der Waals surface area (Å²) in [5.74, 6) is 1.50. The quantitative estimate of drug-likeness (QED) is 0.803. The molecule has 0 saturated carbocycles. The van der Waals surface area contributed by atoms with Gasteiger partial charge < -0.3 is 15.4 Å². The smallest absolute Gasteiger partial charge is 0.239 e. The van der Waals surface area contributed by atoms with Crippen molar-refractivity contribution < 1.29 is 9.53 Å². The van der Waals surface area contributed by atoms with Crippen molar-refractivity contribution in [3.8, 4) is 5.75 Å². The molecule has 3 atom stereocenters. The summed E-state index contributed by atoms with van der Waals surface area (Å²) >= 11 is 0. The van der Waals surface area contributed by atoms with Crippen LogP contribution in [0.2, 0.25) is 0 Å². The van der Waals surface area contributed by atoms with Crippen molar-refractivity contribution >= 4 is 5.91 Å². The number of ether oxygens (including phenoxy) is 1. The van der Waals surface area contributed by atoms with Gasteiger partial charge in [0.1, 0.15) is 5.75 Å². The predicted molar refractivity (Wildman–Crippen MR) is 90.9 cm³/mol. The van der Waals surface area contributed by atoms with Gasteiger partial charge in [0, 0.05) is 13.6 Å². The van der Waals surface area contributed by atoms with Crippen molar-refractivity contribution in [2.75, 3.05) is 20.7 Å². The zero-order chi connectivity index (χ0) is 16.7. The van der Waals surface area contributed by atoms with Gasteiger partial charge in [0.2, 0.25) is 5.91 Å². The molecule has 1 aromatic carbocycles. The monoisotopic (exact) mass is 306 g/mol. The van der Waals surface area contributed by atoms with Gasteiger partial charge in [0.25, 0.3) is 0 Å². The van der Waals surface area contributed by atoms with E-state index in [1.807, 2.05) is 26.1 Å². The van der Waals surface area contributed by atoms with Crippen LogP contribution in [0.4, 0.5) is 0 Å². The summed E-state index contributed by atoms with van der Waals surface area (Å²) in [6, 6.07) is 7.68. The van der Waals surface area contributed by atoms with Crippen molar-refractivity contribution in [2.24, 2.45) is 17.6 Å². The van der Waals surface area contributed by atoms with Crippen LogP contribution in [0.3, 0.4) is 0 Å². The van der Waals surface area contributed by atoms with Crippen LogP contribution >= 0.6 is 0 Å². The van der Waals surface area contributed by atoms with E-state index >= 15 is 0 Å². The molecule has 0 aliphatic heterocycles. The van der Waals surface area contributed by atoms with Gasteiger partial charge in [-0.1, -0.05) is 39.3 Å². The number of hydrogen-bond donors (Lipinski definition) is 1. The van der Waals surface area contributed by atoms with Crippen molar-refractivity contribution in [2.45, 2.75) is 39.7 Å². The molecule has 0 bridgehead atoms. The van der Waals surface area contributed by atoms with E-state index in [9.17, 15) is 4.79 Å². The predicted octanol–water partition coefficient (Wildman–Crippen LogP) is 2.71. The molecule has 0 saturated heterocycles. The Morgan fingerprint density at radius 3 is 2.36 bits per heavy atom. The van der Waals surface area contributed by atoms with Crippen LogP contribution in [0.1, 0.15) is 32.8 Å². The van der Waals surface area contributed by atoms with E-state index in [0.717, 1.165) is 25.1 Å². The third-order valence-electron chi connectivity index (χ3n) is 4.25. The number of nitrogens with zero attached hydrogens (tertiary/aromatic N) is 1. The maximum absolute atomic E-state index is 12.3. The molecule has 1 amide bonds. The number of benzene rings is 1. The van der Waals surface area contributed by atoms with E-state index in [1.165, 1.54) is 5.56 Å². The van der Waals surface area contributed by atoms with Crippen molar-refractivity contribution in [1.29, 1.82) is 0 Å². The number of likely N-dealkylation sites (N-methyl/N-ethyl adjacent to an activating group) is 1. The fourth-order valence-corrected chi connectivity index (χ4v) is 2.54. The van der Waals surface area contributed by atoms with Gasteiger partial charge in [-0.05, 0) is 36.0 Å². The van der Waals surface area contributed by atoms with Crippen LogP contribution in [0, 0.1) is 11.8 Å². The normalized spacial score (nSPS) is 15.0. The highest BCUT2D eigenvalue weighted by atomic mass is 16.5. The third kappa shape index (κ3) is 5.34. The van der Waals surface area contributed by atoms with Gasteiger partial charge in [-0.3, -0.25) is 4.79 Å². The lowest BCUT2D eigenvalue weighted by Gasteiger charge is -2.27. The van der Waals surface area contributed by atoms with E-state index in [-0.39, 0.29) is 11.8 Å². The Kier molecular flexibility index (Phi) is 7.39. The highest BCUT2D eigenvalue weighted by Gasteiger charge is 2.23. The minimum Gasteiger partial charge on any atom is -0.497 e. The standard InChI is InChI=1S/C18H30N2O2/c1-6-14(3)17(19)18(21)20(4)12-13(2)11-15-7-9-16(22-5)10-8-15/h7-10,13-14,17H,6,11-12,19H2,1-5H3. The molecule has 4 nitrogen and oxygen atoms in total. The van der Waals surface area contributed by atoms with Crippen LogP contribution in [-0.4, -0.2) is 37.6 Å². The highest BCUT2D eigenvalue weighted by Crippen LogP contribution is 2.16. The average molecular weight is 306 g/mol. The number of carbonyl (C=O) groups excluding carboxylic acids is 1. The van der Waals surface area contributed by atoms with Crippen LogP contribution in [0.25, 0.3) is 0 Å². The molecule has 4 heteroatoms. The number of methoxy groups -OCH3 is 1. The van der Waals surface area contributed by atoms with E-state index < -0.39 is 6.04 Å². The molecule has 1 rings (SSSR count). The maximum Gasteiger partial charge on any atom is 0.239 e. The van der Waals surface area contributed by atoms with E-state index in [0.29, 0.717) is 5.92 Å². The van der Waals surface area contributed by atoms with Gasteiger partial charge in [-0.2, -0.15) is 0 Å². The SMILES string of the molecule is CCC(C)C(N)C(=O)N(C)CC(C)Cc1ccc(OC)cc1. The molecule has 124 valence electrons. The lowest BCUT2D eigenvalue weighted by Crippen LogP contribution is -2.46. The second-order valence-corrected chi connectivity index (χ2v) is 6.29. The van der Waals surface area contributed by atoms with Crippen LogP contribution in [0.5, 0.6) is 5.75 Å². The van der Waals surface area contributed by atoms with Crippen LogP contribution in [0.15, 0.2) is 24.3 Å². The molecule has 0 spiro atoms. The summed E-state index contributed by atoms with van der Waals surface area (Å²) in [5.41, 5.74) is 7.28. The summed E-state index contributed by atoms with van der Waals surface area (Å²) in [4.78, 5) is 14.1. The Bertz CT molecular complexity index is 459. The number of carbonyl (C=O) groups is 1. The molecule has 22 heavy (non-hydrogen) atoms. The maximum atomic E-state index is 12.3. The minimum atomic E-state index is -0.400. The van der Waals surface area contributed by atoms with Gasteiger partial charge >= 0.3 is 0 Å². The number of rotatable bonds is 8. The average Bonchev–Trinajstić information content (AvgIpc) is 2.53. The van der Waals surface area contributed by atoms with Gasteiger partial charge in [0.05, 0.1) is 13.2 Å². The summed E-state index contributed by atoms with van der Waals surface area (Å²) in [6.45, 7) is 6.96. The molecule has 2 N–H and O–H groups in total. The summed E-state index contributed by atoms with van der Waals surface area (Å²) < 4.78 is 5.16. The largest absolute Gasteiger partial charge is 0.497 e. The Labute approximate surface area is 134 Å². The van der Waals surface area contributed by atoms with E-state index in [2.05, 4.69) is 26.0 Å². The third-order valence-corrected chi connectivity index (χ3v) is 4.25. The van der Waals surface area contributed by atoms with Crippen LogP contribution in [-0.2, 0) is 11.2 Å². The Morgan fingerprint density at radius 2 is 1.86 bits per heavy atom. The second-order valence-electron chi connectivity index (χ2n) is 6.29. The molecule has 0 aliphatic carbocycles. The van der Waals surface area contributed by atoms with E-state index in [1.54, 1.807) is 12.0 Å². The molecule has 0 aliphatic rings. The minimum absolute atomic E-state index is 0.0379. The molecular formula is C18H30N2O2. The number of nitrogens with two attached hydrogens (primary N) is 1. The highest BCUT2D eigenvalue weighted by molar-refractivity contribution is 5.81. The molecule has 0 heterocycles. The van der Waals surface area contributed by atoms with Crippen molar-refractivity contribution in [1.82, 2.24) is 4.90 Å². The molecule has 3 unspecified atom stereocenters. The second kappa shape index (κ2) is 8.79.